The van der Waals surface area contributed by atoms with Gasteiger partial charge in [-0.15, -0.1) is 0 Å². The van der Waals surface area contributed by atoms with Crippen molar-refractivity contribution in [2.24, 2.45) is 11.8 Å². The molecule has 2 amide bonds. The molecule has 206 valence electrons. The molecule has 4 rings (SSSR count). The van der Waals surface area contributed by atoms with E-state index in [0.717, 1.165) is 38.0 Å². The highest BCUT2D eigenvalue weighted by atomic mass is 16.5. The first-order chi connectivity index (χ1) is 18.9. The molecule has 3 aromatic carbocycles. The highest BCUT2D eigenvalue weighted by Gasteiger charge is 2.24. The van der Waals surface area contributed by atoms with E-state index in [1.165, 1.54) is 12.7 Å². The Labute approximate surface area is 231 Å². The maximum absolute atomic E-state index is 13.3. The van der Waals surface area contributed by atoms with Gasteiger partial charge in [0.1, 0.15) is 11.5 Å². The number of amides is 2. The minimum Gasteiger partial charge on any atom is -0.497 e. The molecular formula is C32H39N3O4. The number of rotatable bonds is 10. The van der Waals surface area contributed by atoms with Crippen molar-refractivity contribution in [3.8, 4) is 11.5 Å². The fourth-order valence-electron chi connectivity index (χ4n) is 4.97. The van der Waals surface area contributed by atoms with Gasteiger partial charge in [0.05, 0.1) is 25.3 Å². The second kappa shape index (κ2) is 13.2. The van der Waals surface area contributed by atoms with E-state index in [-0.39, 0.29) is 11.8 Å². The zero-order valence-electron chi connectivity index (χ0n) is 23.3. The number of piperidine rings is 1. The predicted molar refractivity (Wildman–Crippen MR) is 156 cm³/mol. The Hall–Kier alpha value is -4.00. The monoisotopic (exact) mass is 529 g/mol. The highest BCUT2D eigenvalue weighted by molar-refractivity contribution is 6.08. The number of anilines is 2. The molecule has 1 aliphatic rings. The van der Waals surface area contributed by atoms with Crippen LogP contribution in [0.1, 0.15) is 53.0 Å². The van der Waals surface area contributed by atoms with Crippen molar-refractivity contribution in [1.29, 1.82) is 0 Å². The minimum absolute atomic E-state index is 0.136. The van der Waals surface area contributed by atoms with Crippen LogP contribution in [-0.4, -0.2) is 45.7 Å². The fraction of sp³-hybridized carbons (Fsp3) is 0.375. The molecule has 1 fully saturated rings. The Balaban J connectivity index is 1.52. The largest absolute Gasteiger partial charge is 0.497 e. The van der Waals surface area contributed by atoms with Gasteiger partial charge in [0, 0.05) is 37.1 Å². The van der Waals surface area contributed by atoms with Crippen molar-refractivity contribution in [3.63, 3.8) is 0 Å². The Morgan fingerprint density at radius 3 is 2.31 bits per heavy atom. The molecule has 0 bridgehead atoms. The van der Waals surface area contributed by atoms with Crippen molar-refractivity contribution in [3.05, 3.63) is 83.4 Å². The van der Waals surface area contributed by atoms with Crippen molar-refractivity contribution in [2.45, 2.75) is 33.1 Å². The van der Waals surface area contributed by atoms with Crippen molar-refractivity contribution in [2.75, 3.05) is 44.1 Å². The van der Waals surface area contributed by atoms with Crippen LogP contribution in [-0.2, 0) is 6.42 Å². The van der Waals surface area contributed by atoms with Gasteiger partial charge in [-0.2, -0.15) is 0 Å². The molecule has 7 heteroatoms. The highest BCUT2D eigenvalue weighted by Crippen LogP contribution is 2.31. The summed E-state index contributed by atoms with van der Waals surface area (Å²) in [5.74, 6) is 1.51. The SMILES string of the molecule is COc1ccc(C(=O)Nc2ccc(N3CCC(Cc4ccccc4)CC3)c(C(=O)NCC(C)C)c2)c(OC)c1. The third kappa shape index (κ3) is 7.31. The molecule has 39 heavy (non-hydrogen) atoms. The number of nitrogens with zero attached hydrogens (tertiary/aromatic N) is 1. The van der Waals surface area contributed by atoms with Crippen molar-refractivity contribution >= 4 is 23.2 Å². The number of nitrogens with one attached hydrogen (secondary N) is 2. The summed E-state index contributed by atoms with van der Waals surface area (Å²) >= 11 is 0. The summed E-state index contributed by atoms with van der Waals surface area (Å²) in [7, 11) is 3.08. The van der Waals surface area contributed by atoms with Crippen LogP contribution in [0.15, 0.2) is 66.7 Å². The van der Waals surface area contributed by atoms with Gasteiger partial charge in [0.25, 0.3) is 11.8 Å². The zero-order chi connectivity index (χ0) is 27.8. The Kier molecular flexibility index (Phi) is 9.47. The van der Waals surface area contributed by atoms with Crippen molar-refractivity contribution < 1.29 is 19.1 Å². The van der Waals surface area contributed by atoms with E-state index in [1.807, 2.05) is 12.1 Å². The van der Waals surface area contributed by atoms with E-state index in [2.05, 4.69) is 59.7 Å². The van der Waals surface area contributed by atoms with Gasteiger partial charge in [-0.3, -0.25) is 9.59 Å². The van der Waals surface area contributed by atoms with Crippen molar-refractivity contribution in [1.82, 2.24) is 5.32 Å². The molecule has 0 spiro atoms. The second-order valence-electron chi connectivity index (χ2n) is 10.5. The number of benzene rings is 3. The maximum atomic E-state index is 13.3. The van der Waals surface area contributed by atoms with Gasteiger partial charge in [-0.1, -0.05) is 44.2 Å². The van der Waals surface area contributed by atoms with Gasteiger partial charge < -0.3 is 25.0 Å². The summed E-state index contributed by atoms with van der Waals surface area (Å²) in [5, 5.41) is 5.99. The summed E-state index contributed by atoms with van der Waals surface area (Å²) in [6.45, 7) is 6.49. The summed E-state index contributed by atoms with van der Waals surface area (Å²) in [6, 6.07) is 21.3. The quantitative estimate of drug-likeness (QED) is 0.347. The molecule has 0 aromatic heterocycles. The molecule has 0 unspecified atom stereocenters. The third-order valence-electron chi connectivity index (χ3n) is 7.15. The smallest absolute Gasteiger partial charge is 0.259 e. The van der Waals surface area contributed by atoms with Gasteiger partial charge >= 0.3 is 0 Å². The standard InChI is InChI=1S/C32H39N3O4/c1-22(2)21-33-31(36)28-19-25(34-32(37)27-12-11-26(38-3)20-30(27)39-4)10-13-29(28)35-16-14-24(15-17-35)18-23-8-6-5-7-9-23/h5-13,19-20,22,24H,14-18,21H2,1-4H3,(H,33,36)(H,34,37). The molecule has 0 atom stereocenters. The van der Waals surface area contributed by atoms with Crippen LogP contribution >= 0.6 is 0 Å². The molecule has 0 saturated carbocycles. The molecule has 2 N–H and O–H groups in total. The number of methoxy groups -OCH3 is 2. The fourth-order valence-corrected chi connectivity index (χ4v) is 4.97. The zero-order valence-corrected chi connectivity index (χ0v) is 23.3. The van der Waals surface area contributed by atoms with E-state index in [1.54, 1.807) is 31.4 Å². The Bertz CT molecular complexity index is 1270. The van der Waals surface area contributed by atoms with E-state index >= 15 is 0 Å². The number of ether oxygens (including phenoxy) is 2. The van der Waals surface area contributed by atoms with E-state index in [4.69, 9.17) is 9.47 Å². The molecular weight excluding hydrogens is 490 g/mol. The lowest BCUT2D eigenvalue weighted by molar-refractivity contribution is 0.0948. The summed E-state index contributed by atoms with van der Waals surface area (Å²) < 4.78 is 10.6. The molecule has 1 heterocycles. The first-order valence-corrected chi connectivity index (χ1v) is 13.6. The van der Waals surface area contributed by atoms with Crippen LogP contribution in [0, 0.1) is 11.8 Å². The summed E-state index contributed by atoms with van der Waals surface area (Å²) in [4.78, 5) is 28.7. The van der Waals surface area contributed by atoms with Gasteiger partial charge in [-0.05, 0) is 67.0 Å². The van der Waals surface area contributed by atoms with Crippen LogP contribution < -0.4 is 25.0 Å². The topological polar surface area (TPSA) is 79.9 Å². The number of carbonyl (C=O) groups excluding carboxylic acids is 2. The number of hydrogen-bond acceptors (Lipinski definition) is 5. The average Bonchev–Trinajstić information content (AvgIpc) is 2.96. The maximum Gasteiger partial charge on any atom is 0.259 e. The van der Waals surface area contributed by atoms with Crippen LogP contribution in [0.5, 0.6) is 11.5 Å². The second-order valence-corrected chi connectivity index (χ2v) is 10.5. The molecule has 0 radical (unpaired) electrons. The average molecular weight is 530 g/mol. The molecule has 3 aromatic rings. The van der Waals surface area contributed by atoms with E-state index in [0.29, 0.717) is 46.7 Å². The lowest BCUT2D eigenvalue weighted by Crippen LogP contribution is -2.36. The summed E-state index contributed by atoms with van der Waals surface area (Å²) in [5.41, 5.74) is 3.77. The third-order valence-corrected chi connectivity index (χ3v) is 7.15. The molecule has 1 saturated heterocycles. The van der Waals surface area contributed by atoms with Gasteiger partial charge in [0.2, 0.25) is 0 Å². The van der Waals surface area contributed by atoms with Gasteiger partial charge in [0.15, 0.2) is 0 Å². The lowest BCUT2D eigenvalue weighted by Gasteiger charge is -2.35. The normalized spacial score (nSPS) is 13.7. The van der Waals surface area contributed by atoms with Crippen LogP contribution in [0.3, 0.4) is 0 Å². The Morgan fingerprint density at radius 1 is 0.897 bits per heavy atom. The predicted octanol–water partition coefficient (Wildman–Crippen LogP) is 5.80. The number of carbonyl (C=O) groups is 2. The van der Waals surface area contributed by atoms with Gasteiger partial charge in [-0.25, -0.2) is 0 Å². The molecule has 7 nitrogen and oxygen atoms in total. The van der Waals surface area contributed by atoms with E-state index < -0.39 is 0 Å². The first-order valence-electron chi connectivity index (χ1n) is 13.6. The summed E-state index contributed by atoms with van der Waals surface area (Å²) in [6.07, 6.45) is 3.21. The Morgan fingerprint density at radius 2 is 1.64 bits per heavy atom. The molecule has 1 aliphatic heterocycles. The van der Waals surface area contributed by atoms with Crippen LogP contribution in [0.25, 0.3) is 0 Å². The van der Waals surface area contributed by atoms with Crippen LogP contribution in [0.2, 0.25) is 0 Å². The first kappa shape index (κ1) is 28.0. The van der Waals surface area contributed by atoms with E-state index in [9.17, 15) is 9.59 Å². The lowest BCUT2D eigenvalue weighted by atomic mass is 9.89. The number of hydrogen-bond donors (Lipinski definition) is 2. The van der Waals surface area contributed by atoms with Crippen LogP contribution in [0.4, 0.5) is 11.4 Å². The molecule has 0 aliphatic carbocycles. The minimum atomic E-state index is -0.322.